The monoisotopic (exact) mass is 474 g/mol. The van der Waals surface area contributed by atoms with E-state index in [9.17, 15) is 9.59 Å². The van der Waals surface area contributed by atoms with Crippen molar-refractivity contribution in [2.75, 3.05) is 30.3 Å². The molecule has 4 heterocycles. The number of rotatable bonds is 8. The number of furan rings is 1. The van der Waals surface area contributed by atoms with Crippen LogP contribution in [0.5, 0.6) is 0 Å². The lowest BCUT2D eigenvalue weighted by molar-refractivity contribution is -0.138. The first-order valence-corrected chi connectivity index (χ1v) is 12.3. The van der Waals surface area contributed by atoms with Crippen LogP contribution in [0.3, 0.4) is 0 Å². The smallest absolute Gasteiger partial charge is 0.337 e. The maximum atomic E-state index is 12.5. The van der Waals surface area contributed by atoms with Crippen LogP contribution in [0.15, 0.2) is 39.2 Å². The summed E-state index contributed by atoms with van der Waals surface area (Å²) in [7, 11) is 0. The molecule has 11 heteroatoms. The molecule has 10 nitrogen and oxygen atoms in total. The summed E-state index contributed by atoms with van der Waals surface area (Å²) in [5, 5.41) is 15.1. The number of urea groups is 1. The van der Waals surface area contributed by atoms with Crippen molar-refractivity contribution in [2.45, 2.75) is 51.4 Å². The molecule has 2 aromatic rings. The molecule has 1 saturated heterocycles. The van der Waals surface area contributed by atoms with Gasteiger partial charge in [-0.3, -0.25) is 4.57 Å². The number of nitrogens with zero attached hydrogens (tertiary/aromatic N) is 4. The molecule has 0 radical (unpaired) electrons. The number of aromatic nitrogens is 3. The Morgan fingerprint density at radius 2 is 2.09 bits per heavy atom. The quantitative estimate of drug-likeness (QED) is 0.443. The molecule has 1 unspecified atom stereocenters. The number of esters is 1. The third-order valence-electron chi connectivity index (χ3n) is 5.87. The van der Waals surface area contributed by atoms with E-state index in [2.05, 4.69) is 32.7 Å². The number of anilines is 1. The predicted molar refractivity (Wildman–Crippen MR) is 124 cm³/mol. The van der Waals surface area contributed by atoms with Crippen LogP contribution in [0.1, 0.15) is 39.4 Å². The molecular weight excluding hydrogens is 444 g/mol. The Labute approximate surface area is 197 Å². The second kappa shape index (κ2) is 10.3. The first-order chi connectivity index (χ1) is 16.0. The van der Waals surface area contributed by atoms with Crippen molar-refractivity contribution in [3.8, 4) is 0 Å². The zero-order valence-electron chi connectivity index (χ0n) is 19.2. The lowest BCUT2D eigenvalue weighted by Gasteiger charge is -2.31. The van der Waals surface area contributed by atoms with Gasteiger partial charge in [-0.05, 0) is 44.7 Å². The minimum atomic E-state index is -0.444. The van der Waals surface area contributed by atoms with Gasteiger partial charge in [-0.25, -0.2) is 9.59 Å². The lowest BCUT2D eigenvalue weighted by atomic mass is 10.00. The standard InChI is InChI=1S/C22H30N6O4S/c1-4-31-19(29)18-15(3)23-20(30)24-17(18)13-33-22-26-25-21(27-9-7-14(2)8-10-27)28(22)12-16-6-5-11-32-16/h5-6,11,14-15H,4,7-10,12-13H2,1-3H3,(H2,23,24,30). The van der Waals surface area contributed by atoms with Crippen molar-refractivity contribution >= 4 is 29.7 Å². The van der Waals surface area contributed by atoms with Crippen LogP contribution in [0.2, 0.25) is 0 Å². The van der Waals surface area contributed by atoms with Gasteiger partial charge in [-0.2, -0.15) is 0 Å². The van der Waals surface area contributed by atoms with Gasteiger partial charge in [0, 0.05) is 24.5 Å². The number of hydrogen-bond donors (Lipinski definition) is 2. The number of carbonyl (C=O) groups excluding carboxylic acids is 2. The largest absolute Gasteiger partial charge is 0.467 e. The Morgan fingerprint density at radius 1 is 1.30 bits per heavy atom. The maximum Gasteiger partial charge on any atom is 0.337 e. The van der Waals surface area contributed by atoms with Gasteiger partial charge >= 0.3 is 12.0 Å². The highest BCUT2D eigenvalue weighted by atomic mass is 32.2. The van der Waals surface area contributed by atoms with Gasteiger partial charge in [0.2, 0.25) is 5.95 Å². The molecule has 178 valence electrons. The predicted octanol–water partition coefficient (Wildman–Crippen LogP) is 2.77. The van der Waals surface area contributed by atoms with E-state index in [4.69, 9.17) is 9.15 Å². The lowest BCUT2D eigenvalue weighted by Crippen LogP contribution is -2.49. The van der Waals surface area contributed by atoms with Crippen molar-refractivity contribution in [2.24, 2.45) is 5.92 Å². The van der Waals surface area contributed by atoms with Crippen LogP contribution >= 0.6 is 11.8 Å². The molecule has 2 amide bonds. The van der Waals surface area contributed by atoms with E-state index in [-0.39, 0.29) is 12.6 Å². The second-order valence-corrected chi connectivity index (χ2v) is 9.28. The molecule has 33 heavy (non-hydrogen) atoms. The molecule has 2 N–H and O–H groups in total. The minimum Gasteiger partial charge on any atom is -0.467 e. The topological polar surface area (TPSA) is 115 Å². The SMILES string of the molecule is CCOC(=O)C1=C(CSc2nnc(N3CCC(C)CC3)n2Cc2ccco2)NC(=O)NC1C. The van der Waals surface area contributed by atoms with Crippen LogP contribution in [-0.2, 0) is 16.1 Å². The van der Waals surface area contributed by atoms with Gasteiger partial charge in [-0.15, -0.1) is 10.2 Å². The van der Waals surface area contributed by atoms with Gasteiger partial charge in [0.25, 0.3) is 0 Å². The van der Waals surface area contributed by atoms with Crippen LogP contribution in [0.4, 0.5) is 10.7 Å². The molecule has 1 fully saturated rings. The van der Waals surface area contributed by atoms with Gasteiger partial charge in [0.1, 0.15) is 5.76 Å². The Hall–Kier alpha value is -2.95. The average Bonchev–Trinajstić information content (AvgIpc) is 3.43. The van der Waals surface area contributed by atoms with E-state index in [0.29, 0.717) is 34.6 Å². The van der Waals surface area contributed by atoms with Crippen LogP contribution in [-0.4, -0.2) is 58.3 Å². The zero-order chi connectivity index (χ0) is 23.4. The van der Waals surface area contributed by atoms with Crippen molar-refractivity contribution in [1.29, 1.82) is 0 Å². The van der Waals surface area contributed by atoms with E-state index >= 15 is 0 Å². The summed E-state index contributed by atoms with van der Waals surface area (Å²) in [4.78, 5) is 26.8. The van der Waals surface area contributed by atoms with Crippen molar-refractivity contribution in [3.63, 3.8) is 0 Å². The fourth-order valence-electron chi connectivity index (χ4n) is 4.06. The van der Waals surface area contributed by atoms with E-state index in [1.807, 2.05) is 16.7 Å². The van der Waals surface area contributed by atoms with Crippen LogP contribution < -0.4 is 15.5 Å². The number of ether oxygens (including phenoxy) is 1. The minimum absolute atomic E-state index is 0.263. The van der Waals surface area contributed by atoms with Gasteiger partial charge < -0.3 is 24.7 Å². The molecule has 2 aromatic heterocycles. The molecule has 0 aliphatic carbocycles. The summed E-state index contributed by atoms with van der Waals surface area (Å²) in [6.45, 7) is 8.42. The number of nitrogens with one attached hydrogen (secondary N) is 2. The van der Waals surface area contributed by atoms with E-state index in [1.54, 1.807) is 20.1 Å². The zero-order valence-corrected chi connectivity index (χ0v) is 20.0. The van der Waals surface area contributed by atoms with Crippen molar-refractivity contribution in [3.05, 3.63) is 35.4 Å². The Bertz CT molecular complexity index is 1010. The molecule has 2 aliphatic rings. The molecule has 0 saturated carbocycles. The van der Waals surface area contributed by atoms with Gasteiger partial charge in [0.15, 0.2) is 5.16 Å². The number of thioether (sulfide) groups is 1. The maximum absolute atomic E-state index is 12.5. The second-order valence-electron chi connectivity index (χ2n) is 8.34. The Balaban J connectivity index is 1.59. The number of amides is 2. The highest BCUT2D eigenvalue weighted by molar-refractivity contribution is 7.99. The summed E-state index contributed by atoms with van der Waals surface area (Å²) in [6.07, 6.45) is 3.88. The first kappa shape index (κ1) is 23.2. The van der Waals surface area contributed by atoms with Crippen LogP contribution in [0.25, 0.3) is 0 Å². The molecule has 1 atom stereocenters. The summed E-state index contributed by atoms with van der Waals surface area (Å²) in [5.74, 6) is 2.23. The van der Waals surface area contributed by atoms with E-state index in [1.165, 1.54) is 11.8 Å². The summed E-state index contributed by atoms with van der Waals surface area (Å²) >= 11 is 1.42. The fraction of sp³-hybridized carbons (Fsp3) is 0.545. The van der Waals surface area contributed by atoms with E-state index < -0.39 is 12.0 Å². The highest BCUT2D eigenvalue weighted by Gasteiger charge is 2.30. The molecule has 2 aliphatic heterocycles. The van der Waals surface area contributed by atoms with Crippen molar-refractivity contribution in [1.82, 2.24) is 25.4 Å². The summed E-state index contributed by atoms with van der Waals surface area (Å²) in [6, 6.07) is 3.00. The molecule has 4 rings (SSSR count). The van der Waals surface area contributed by atoms with Gasteiger partial charge in [-0.1, -0.05) is 18.7 Å². The van der Waals surface area contributed by atoms with E-state index in [0.717, 1.165) is 37.6 Å². The fourth-order valence-corrected chi connectivity index (χ4v) is 4.96. The third-order valence-corrected chi connectivity index (χ3v) is 6.86. The molecular formula is C22H30N6O4S. The number of hydrogen-bond acceptors (Lipinski definition) is 8. The number of piperidine rings is 1. The Morgan fingerprint density at radius 3 is 2.79 bits per heavy atom. The average molecular weight is 475 g/mol. The third kappa shape index (κ3) is 5.35. The number of carbonyl (C=O) groups is 2. The molecule has 0 bridgehead atoms. The highest BCUT2D eigenvalue weighted by Crippen LogP contribution is 2.29. The van der Waals surface area contributed by atoms with Crippen LogP contribution in [0, 0.1) is 5.92 Å². The first-order valence-electron chi connectivity index (χ1n) is 11.3. The summed E-state index contributed by atoms with van der Waals surface area (Å²) in [5.41, 5.74) is 0.946. The van der Waals surface area contributed by atoms with Crippen molar-refractivity contribution < 1.29 is 18.7 Å². The van der Waals surface area contributed by atoms with Gasteiger partial charge in [0.05, 0.1) is 31.0 Å². The molecule has 0 spiro atoms. The summed E-state index contributed by atoms with van der Waals surface area (Å²) < 4.78 is 12.8. The Kier molecular flexibility index (Phi) is 7.26. The normalized spacial score (nSPS) is 19.4. The molecule has 0 aromatic carbocycles.